The predicted molar refractivity (Wildman–Crippen MR) is 121 cm³/mol. The average Bonchev–Trinajstić information content (AvgIpc) is 2.99. The molecule has 1 aromatic rings. The minimum atomic E-state index is -0.224. The van der Waals surface area contributed by atoms with Crippen LogP contribution in [-0.4, -0.2) is 23.7 Å². The minimum Gasteiger partial charge on any atom is -0.462 e. The van der Waals surface area contributed by atoms with Crippen molar-refractivity contribution in [3.8, 4) is 0 Å². The number of hydrogen-bond donors (Lipinski definition) is 2. The van der Waals surface area contributed by atoms with Gasteiger partial charge in [-0.15, -0.1) is 11.3 Å². The van der Waals surface area contributed by atoms with Gasteiger partial charge in [0.2, 0.25) is 0 Å². The summed E-state index contributed by atoms with van der Waals surface area (Å²) in [5.74, 6) is 0.560. The molecule has 0 atom stereocenters. The van der Waals surface area contributed by atoms with Crippen LogP contribution < -0.4 is 10.6 Å². The third kappa shape index (κ3) is 5.07. The fourth-order valence-corrected chi connectivity index (χ4v) is 6.12. The molecule has 2 N–H and O–H groups in total. The molecule has 6 heteroatoms. The van der Waals surface area contributed by atoms with Crippen LogP contribution in [0.15, 0.2) is 0 Å². The van der Waals surface area contributed by atoms with E-state index in [0.29, 0.717) is 28.7 Å². The maximum absolute atomic E-state index is 12.6. The van der Waals surface area contributed by atoms with E-state index in [4.69, 9.17) is 17.0 Å². The van der Waals surface area contributed by atoms with E-state index in [1.807, 2.05) is 6.92 Å². The first kappa shape index (κ1) is 21.6. The first-order valence-electron chi connectivity index (χ1n) is 10.7. The normalized spacial score (nSPS) is 22.3. The summed E-state index contributed by atoms with van der Waals surface area (Å²) in [5.41, 5.74) is 2.27. The van der Waals surface area contributed by atoms with Gasteiger partial charge in [0, 0.05) is 10.9 Å². The third-order valence-corrected chi connectivity index (χ3v) is 7.59. The Morgan fingerprint density at radius 2 is 1.86 bits per heavy atom. The second-order valence-electron chi connectivity index (χ2n) is 9.15. The molecule has 28 heavy (non-hydrogen) atoms. The molecular weight excluding hydrogens is 388 g/mol. The molecule has 156 valence electrons. The Bertz CT molecular complexity index is 713. The second-order valence-corrected chi connectivity index (χ2v) is 10.7. The van der Waals surface area contributed by atoms with Crippen LogP contribution in [0.1, 0.15) is 87.0 Å². The molecule has 0 amide bonds. The number of carbonyl (C=O) groups is 1. The molecule has 2 aliphatic rings. The summed E-state index contributed by atoms with van der Waals surface area (Å²) < 4.78 is 5.33. The van der Waals surface area contributed by atoms with Gasteiger partial charge in [0.1, 0.15) is 5.00 Å². The van der Waals surface area contributed by atoms with E-state index < -0.39 is 0 Å². The average molecular weight is 423 g/mol. The van der Waals surface area contributed by atoms with Crippen LogP contribution in [0.3, 0.4) is 0 Å². The van der Waals surface area contributed by atoms with Crippen molar-refractivity contribution in [3.63, 3.8) is 0 Å². The fourth-order valence-electron chi connectivity index (χ4n) is 4.50. The lowest BCUT2D eigenvalue weighted by atomic mass is 9.71. The molecule has 0 bridgehead atoms. The van der Waals surface area contributed by atoms with Gasteiger partial charge in [-0.3, -0.25) is 0 Å². The van der Waals surface area contributed by atoms with Crippen molar-refractivity contribution in [2.75, 3.05) is 11.9 Å². The molecule has 4 nitrogen and oxygen atoms in total. The van der Waals surface area contributed by atoms with Gasteiger partial charge in [-0.05, 0) is 87.4 Å². The van der Waals surface area contributed by atoms with Crippen molar-refractivity contribution in [1.29, 1.82) is 0 Å². The number of rotatable bonds is 4. The van der Waals surface area contributed by atoms with E-state index in [1.54, 1.807) is 11.3 Å². The number of carbonyl (C=O) groups excluding carboxylic acids is 1. The molecule has 3 rings (SSSR count). The second kappa shape index (κ2) is 9.12. The Morgan fingerprint density at radius 3 is 2.50 bits per heavy atom. The van der Waals surface area contributed by atoms with E-state index in [-0.39, 0.29) is 5.97 Å². The van der Waals surface area contributed by atoms with Crippen LogP contribution in [0.25, 0.3) is 0 Å². The van der Waals surface area contributed by atoms with Crippen molar-refractivity contribution in [2.45, 2.75) is 85.1 Å². The van der Waals surface area contributed by atoms with E-state index in [1.165, 1.54) is 29.7 Å². The highest BCUT2D eigenvalue weighted by molar-refractivity contribution is 7.80. The summed E-state index contributed by atoms with van der Waals surface area (Å²) in [5, 5.41) is 8.31. The summed E-state index contributed by atoms with van der Waals surface area (Å²) in [6.45, 7) is 9.26. The molecule has 0 spiro atoms. The van der Waals surface area contributed by atoms with Gasteiger partial charge in [0.15, 0.2) is 5.11 Å². The van der Waals surface area contributed by atoms with Gasteiger partial charge in [-0.2, -0.15) is 0 Å². The number of aryl methyl sites for hydroxylation is 1. The SMILES string of the molecule is CCOC(=O)c1c(NC(=S)NC2CCC(C(C)(C)C)CC2)sc2c1CCCC2. The molecule has 1 fully saturated rings. The monoisotopic (exact) mass is 422 g/mol. The highest BCUT2D eigenvalue weighted by Crippen LogP contribution is 2.39. The topological polar surface area (TPSA) is 50.4 Å². The molecular formula is C22H34N2O2S2. The molecule has 1 heterocycles. The smallest absolute Gasteiger partial charge is 0.341 e. The number of anilines is 1. The third-order valence-electron chi connectivity index (χ3n) is 6.17. The molecule has 1 saturated carbocycles. The summed E-state index contributed by atoms with van der Waals surface area (Å²) in [4.78, 5) is 13.9. The van der Waals surface area contributed by atoms with Crippen LogP contribution in [0, 0.1) is 11.3 Å². The summed E-state index contributed by atoms with van der Waals surface area (Å²) in [6, 6.07) is 0.416. The van der Waals surface area contributed by atoms with Crippen molar-refractivity contribution in [2.24, 2.45) is 11.3 Å². The minimum absolute atomic E-state index is 0.224. The molecule has 0 aromatic carbocycles. The van der Waals surface area contributed by atoms with E-state index >= 15 is 0 Å². The Labute approximate surface area is 178 Å². The lowest BCUT2D eigenvalue weighted by Gasteiger charge is -2.37. The molecule has 1 aromatic heterocycles. The number of ether oxygens (including phenoxy) is 1. The largest absolute Gasteiger partial charge is 0.462 e. The Morgan fingerprint density at radius 1 is 1.18 bits per heavy atom. The van der Waals surface area contributed by atoms with Gasteiger partial charge in [-0.1, -0.05) is 20.8 Å². The zero-order valence-electron chi connectivity index (χ0n) is 17.7. The van der Waals surface area contributed by atoms with Crippen LogP contribution in [0.4, 0.5) is 5.00 Å². The standard InChI is InChI=1S/C22H34N2O2S2/c1-5-26-20(25)18-16-8-6-7-9-17(16)28-19(18)24-21(27)23-15-12-10-14(11-13-15)22(2,3)4/h14-15H,5-13H2,1-4H3,(H2,23,24,27). The number of esters is 1. The summed E-state index contributed by atoms with van der Waals surface area (Å²) >= 11 is 7.27. The van der Waals surface area contributed by atoms with Crippen LogP contribution in [0.5, 0.6) is 0 Å². The van der Waals surface area contributed by atoms with Crippen LogP contribution in [-0.2, 0) is 17.6 Å². The zero-order chi connectivity index (χ0) is 20.3. The highest BCUT2D eigenvalue weighted by Gasteiger charge is 2.30. The quantitative estimate of drug-likeness (QED) is 0.482. The van der Waals surface area contributed by atoms with Gasteiger partial charge in [-0.25, -0.2) is 4.79 Å². The van der Waals surface area contributed by atoms with Gasteiger partial charge in [0.25, 0.3) is 0 Å². The van der Waals surface area contributed by atoms with Crippen molar-refractivity contribution in [1.82, 2.24) is 5.32 Å². The van der Waals surface area contributed by atoms with Crippen molar-refractivity contribution in [3.05, 3.63) is 16.0 Å². The molecule has 0 saturated heterocycles. The van der Waals surface area contributed by atoms with Crippen LogP contribution >= 0.6 is 23.6 Å². The number of thiocarbonyl (C=S) groups is 1. The molecule has 0 unspecified atom stereocenters. The summed E-state index contributed by atoms with van der Waals surface area (Å²) in [7, 11) is 0. The van der Waals surface area contributed by atoms with E-state index in [0.717, 1.165) is 43.0 Å². The summed E-state index contributed by atoms with van der Waals surface area (Å²) in [6.07, 6.45) is 9.11. The van der Waals surface area contributed by atoms with Crippen molar-refractivity contribution < 1.29 is 9.53 Å². The lowest BCUT2D eigenvalue weighted by Crippen LogP contribution is -2.41. The zero-order valence-corrected chi connectivity index (χ0v) is 19.3. The number of nitrogens with one attached hydrogen (secondary N) is 2. The number of hydrogen-bond acceptors (Lipinski definition) is 4. The maximum Gasteiger partial charge on any atom is 0.341 e. The Hall–Kier alpha value is -1.14. The van der Waals surface area contributed by atoms with Crippen LogP contribution in [0.2, 0.25) is 0 Å². The van der Waals surface area contributed by atoms with E-state index in [9.17, 15) is 4.79 Å². The number of fused-ring (bicyclic) bond motifs is 1. The van der Waals surface area contributed by atoms with E-state index in [2.05, 4.69) is 31.4 Å². The Kier molecular flexibility index (Phi) is 7.02. The molecule has 2 aliphatic carbocycles. The first-order chi connectivity index (χ1) is 13.3. The maximum atomic E-state index is 12.6. The Balaban J connectivity index is 1.64. The van der Waals surface area contributed by atoms with Gasteiger partial charge >= 0.3 is 5.97 Å². The highest BCUT2D eigenvalue weighted by atomic mass is 32.1. The predicted octanol–water partition coefficient (Wildman–Crippen LogP) is 5.69. The first-order valence-corrected chi connectivity index (χ1v) is 11.9. The lowest BCUT2D eigenvalue weighted by molar-refractivity contribution is 0.0526. The molecule has 0 radical (unpaired) electrons. The fraction of sp³-hybridized carbons (Fsp3) is 0.727. The van der Waals surface area contributed by atoms with Gasteiger partial charge in [0.05, 0.1) is 12.2 Å². The number of thiophene rings is 1. The van der Waals surface area contributed by atoms with Gasteiger partial charge < -0.3 is 15.4 Å². The molecule has 0 aliphatic heterocycles. The van der Waals surface area contributed by atoms with Crippen molar-refractivity contribution >= 4 is 39.6 Å².